The van der Waals surface area contributed by atoms with Crippen LogP contribution in [0.25, 0.3) is 16.7 Å². The van der Waals surface area contributed by atoms with Crippen LogP contribution in [0.2, 0.25) is 5.02 Å². The van der Waals surface area contributed by atoms with E-state index in [1.807, 2.05) is 25.1 Å². The summed E-state index contributed by atoms with van der Waals surface area (Å²) in [4.78, 5) is 22.2. The molecule has 0 aliphatic heterocycles. The highest BCUT2D eigenvalue weighted by Gasteiger charge is 2.16. The first kappa shape index (κ1) is 18.7. The van der Waals surface area contributed by atoms with Gasteiger partial charge in [-0.15, -0.1) is 0 Å². The first-order chi connectivity index (χ1) is 13.5. The summed E-state index contributed by atoms with van der Waals surface area (Å²) in [7, 11) is 0. The number of halogens is 2. The topological polar surface area (TPSA) is 47.8 Å². The number of para-hydroxylation sites is 1. The molecule has 0 spiro atoms. The van der Waals surface area contributed by atoms with Gasteiger partial charge < -0.3 is 0 Å². The van der Waals surface area contributed by atoms with E-state index >= 15 is 0 Å². The highest BCUT2D eigenvalue weighted by Crippen LogP contribution is 2.29. The predicted octanol–water partition coefficient (Wildman–Crippen LogP) is 5.17. The Morgan fingerprint density at radius 1 is 1.14 bits per heavy atom. The van der Waals surface area contributed by atoms with E-state index in [0.29, 0.717) is 32.5 Å². The number of hydrogen-bond acceptors (Lipinski definition) is 4. The lowest BCUT2D eigenvalue weighted by molar-refractivity contribution is 0.617. The fourth-order valence-corrected chi connectivity index (χ4v) is 4.20. The lowest BCUT2D eigenvalue weighted by Gasteiger charge is -2.13. The van der Waals surface area contributed by atoms with Crippen LogP contribution in [-0.4, -0.2) is 14.5 Å². The van der Waals surface area contributed by atoms with Crippen LogP contribution >= 0.6 is 23.4 Å². The van der Waals surface area contributed by atoms with Gasteiger partial charge in [0.15, 0.2) is 5.16 Å². The van der Waals surface area contributed by atoms with Crippen LogP contribution in [0.3, 0.4) is 0 Å². The van der Waals surface area contributed by atoms with Gasteiger partial charge in [0.1, 0.15) is 11.6 Å². The largest absolute Gasteiger partial charge is 0.268 e. The van der Waals surface area contributed by atoms with Gasteiger partial charge in [0, 0.05) is 22.5 Å². The Hall–Kier alpha value is -2.70. The van der Waals surface area contributed by atoms with E-state index in [-0.39, 0.29) is 17.1 Å². The monoisotopic (exact) mass is 411 g/mol. The molecule has 0 N–H and O–H groups in total. The number of aryl methyl sites for hydroxylation is 1. The molecular formula is C21H15ClFN3OS. The summed E-state index contributed by atoms with van der Waals surface area (Å²) < 4.78 is 15.6. The maximum atomic E-state index is 14.2. The van der Waals surface area contributed by atoms with Gasteiger partial charge in [-0.2, -0.15) is 0 Å². The maximum absolute atomic E-state index is 14.2. The number of fused-ring (bicyclic) bond motifs is 1. The number of rotatable bonds is 4. The molecular weight excluding hydrogens is 397 g/mol. The Labute approximate surface area is 170 Å². The van der Waals surface area contributed by atoms with Crippen molar-refractivity contribution in [3.8, 4) is 5.82 Å². The molecule has 2 aromatic heterocycles. The Morgan fingerprint density at radius 3 is 2.75 bits per heavy atom. The van der Waals surface area contributed by atoms with Crippen LogP contribution in [0.1, 0.15) is 11.1 Å². The first-order valence-corrected chi connectivity index (χ1v) is 9.91. The molecule has 4 aromatic rings. The third kappa shape index (κ3) is 3.53. The van der Waals surface area contributed by atoms with E-state index in [0.717, 1.165) is 5.56 Å². The highest BCUT2D eigenvalue weighted by atomic mass is 35.5. The van der Waals surface area contributed by atoms with Crippen molar-refractivity contribution < 1.29 is 4.39 Å². The van der Waals surface area contributed by atoms with E-state index in [1.54, 1.807) is 36.5 Å². The van der Waals surface area contributed by atoms with Crippen LogP contribution in [0.15, 0.2) is 70.7 Å². The van der Waals surface area contributed by atoms with Gasteiger partial charge in [-0.25, -0.2) is 18.9 Å². The van der Waals surface area contributed by atoms with Gasteiger partial charge in [-0.3, -0.25) is 4.79 Å². The second-order valence-electron chi connectivity index (χ2n) is 6.23. The maximum Gasteiger partial charge on any atom is 0.267 e. The zero-order valence-electron chi connectivity index (χ0n) is 14.9. The fraction of sp³-hybridized carbons (Fsp3) is 0.0952. The molecule has 0 saturated carbocycles. The number of hydrogen-bond donors (Lipinski definition) is 0. The van der Waals surface area contributed by atoms with Crippen molar-refractivity contribution >= 4 is 34.3 Å². The number of nitrogens with zero attached hydrogens (tertiary/aromatic N) is 3. The second-order valence-corrected chi connectivity index (χ2v) is 7.58. The van der Waals surface area contributed by atoms with E-state index in [9.17, 15) is 9.18 Å². The summed E-state index contributed by atoms with van der Waals surface area (Å²) in [5, 5.41) is 1.27. The van der Waals surface area contributed by atoms with Gasteiger partial charge in [0.2, 0.25) is 0 Å². The van der Waals surface area contributed by atoms with Gasteiger partial charge in [0.05, 0.1) is 10.9 Å². The second kappa shape index (κ2) is 7.73. The molecule has 28 heavy (non-hydrogen) atoms. The molecule has 0 atom stereocenters. The molecule has 4 rings (SSSR count). The molecule has 4 nitrogen and oxygen atoms in total. The van der Waals surface area contributed by atoms with Gasteiger partial charge >= 0.3 is 0 Å². The minimum absolute atomic E-state index is 0.217. The van der Waals surface area contributed by atoms with Crippen LogP contribution in [0, 0.1) is 12.7 Å². The van der Waals surface area contributed by atoms with Crippen molar-refractivity contribution in [1.29, 1.82) is 0 Å². The van der Waals surface area contributed by atoms with Gasteiger partial charge in [-0.1, -0.05) is 41.6 Å². The summed E-state index contributed by atoms with van der Waals surface area (Å²) in [6, 6.07) is 15.4. The number of thioether (sulfide) groups is 1. The van der Waals surface area contributed by atoms with E-state index < -0.39 is 0 Å². The minimum atomic E-state index is -0.386. The first-order valence-electron chi connectivity index (χ1n) is 8.55. The molecule has 2 aromatic carbocycles. The predicted molar refractivity (Wildman–Crippen MR) is 111 cm³/mol. The van der Waals surface area contributed by atoms with Crippen molar-refractivity contribution in [3.05, 3.63) is 93.1 Å². The Kier molecular flexibility index (Phi) is 5.15. The average Bonchev–Trinajstić information content (AvgIpc) is 2.68. The molecule has 2 heterocycles. The zero-order valence-corrected chi connectivity index (χ0v) is 16.5. The van der Waals surface area contributed by atoms with Gasteiger partial charge in [-0.05, 0) is 48.9 Å². The summed E-state index contributed by atoms with van der Waals surface area (Å²) >= 11 is 7.39. The summed E-state index contributed by atoms with van der Waals surface area (Å²) in [5.74, 6) is 0.330. The molecule has 0 fully saturated rings. The number of pyridine rings is 1. The van der Waals surface area contributed by atoms with Crippen molar-refractivity contribution in [3.63, 3.8) is 0 Å². The number of benzene rings is 2. The molecule has 0 unspecified atom stereocenters. The molecule has 0 bridgehead atoms. The van der Waals surface area contributed by atoms with Crippen LogP contribution in [0.5, 0.6) is 0 Å². The van der Waals surface area contributed by atoms with Crippen molar-refractivity contribution in [1.82, 2.24) is 14.5 Å². The Morgan fingerprint density at radius 2 is 1.96 bits per heavy atom. The molecule has 0 saturated heterocycles. The standard InChI is InChI=1S/C21H15ClFN3OS/c1-13-9-10-24-19(11-13)26-20(27)14-5-2-3-8-18(14)25-21(26)28-12-15-16(22)6-4-7-17(15)23/h2-11H,12H2,1H3. The van der Waals surface area contributed by atoms with Crippen molar-refractivity contribution in [2.75, 3.05) is 0 Å². The molecule has 0 amide bonds. The molecule has 140 valence electrons. The van der Waals surface area contributed by atoms with E-state index in [1.165, 1.54) is 22.4 Å². The number of aromatic nitrogens is 3. The lowest BCUT2D eigenvalue weighted by Crippen LogP contribution is -2.22. The normalized spacial score (nSPS) is 11.1. The zero-order chi connectivity index (χ0) is 19.7. The minimum Gasteiger partial charge on any atom is -0.268 e. The van der Waals surface area contributed by atoms with Crippen molar-refractivity contribution in [2.45, 2.75) is 17.8 Å². The summed E-state index contributed by atoms with van der Waals surface area (Å²) in [6.45, 7) is 1.93. The highest BCUT2D eigenvalue weighted by molar-refractivity contribution is 7.98. The quantitative estimate of drug-likeness (QED) is 0.343. The SMILES string of the molecule is Cc1ccnc(-n2c(SCc3c(F)cccc3Cl)nc3ccccc3c2=O)c1. The molecule has 0 aliphatic carbocycles. The van der Waals surface area contributed by atoms with Crippen LogP contribution in [-0.2, 0) is 5.75 Å². The molecule has 0 radical (unpaired) electrons. The smallest absolute Gasteiger partial charge is 0.267 e. The summed E-state index contributed by atoms with van der Waals surface area (Å²) in [5.41, 5.74) is 1.71. The Bertz CT molecular complexity index is 1220. The third-order valence-corrected chi connectivity index (χ3v) is 5.60. The summed E-state index contributed by atoms with van der Waals surface area (Å²) in [6.07, 6.45) is 1.65. The average molecular weight is 412 g/mol. The van der Waals surface area contributed by atoms with E-state index in [2.05, 4.69) is 9.97 Å². The third-order valence-electron chi connectivity index (χ3n) is 4.28. The van der Waals surface area contributed by atoms with Crippen LogP contribution < -0.4 is 5.56 Å². The Balaban J connectivity index is 1.87. The lowest BCUT2D eigenvalue weighted by atomic mass is 10.2. The van der Waals surface area contributed by atoms with Crippen molar-refractivity contribution in [2.24, 2.45) is 0 Å². The molecule has 0 aliphatic rings. The van der Waals surface area contributed by atoms with Crippen LogP contribution in [0.4, 0.5) is 4.39 Å². The molecule has 7 heteroatoms. The van der Waals surface area contributed by atoms with E-state index in [4.69, 9.17) is 11.6 Å². The fourth-order valence-electron chi connectivity index (χ4n) is 2.86. The van der Waals surface area contributed by atoms with Gasteiger partial charge in [0.25, 0.3) is 5.56 Å².